The Bertz CT molecular complexity index is 1230. The third-order valence-electron chi connectivity index (χ3n) is 9.51. The van der Waals surface area contributed by atoms with Crippen LogP contribution >= 0.6 is 0 Å². The average Bonchev–Trinajstić information content (AvgIpc) is 3.74. The van der Waals surface area contributed by atoms with Crippen molar-refractivity contribution < 1.29 is 52.8 Å². The monoisotopic (exact) mass is 855 g/mol. The number of aromatic nitrogens is 2. The first kappa shape index (κ1) is 54.5. The molecule has 18 nitrogen and oxygen atoms in total. The number of aromatic amines is 1. The van der Waals surface area contributed by atoms with Gasteiger partial charge >= 0.3 is 0 Å². The summed E-state index contributed by atoms with van der Waals surface area (Å²) in [5.41, 5.74) is 14.1. The zero-order valence-corrected chi connectivity index (χ0v) is 36.0. The summed E-state index contributed by atoms with van der Waals surface area (Å²) in [5.74, 6) is -2.61. The van der Waals surface area contributed by atoms with Gasteiger partial charge in [0.1, 0.15) is 13.2 Å². The highest BCUT2D eigenvalue weighted by Crippen LogP contribution is 2.14. The first-order valence-electron chi connectivity index (χ1n) is 22.0. The lowest BCUT2D eigenvalue weighted by Gasteiger charge is -2.15. The summed E-state index contributed by atoms with van der Waals surface area (Å²) in [4.78, 5) is 66.7. The minimum Gasteiger partial charge on any atom is -0.396 e. The van der Waals surface area contributed by atoms with Crippen molar-refractivity contribution in [3.8, 4) is 0 Å². The van der Waals surface area contributed by atoms with Crippen LogP contribution in [-0.4, -0.2) is 143 Å². The quantitative estimate of drug-likeness (QED) is 0.0517. The number of rotatable bonds is 44. The number of hydrogen-bond donors (Lipinski definition) is 6. The van der Waals surface area contributed by atoms with E-state index in [0.717, 1.165) is 25.7 Å². The molecule has 1 aromatic heterocycles. The van der Waals surface area contributed by atoms with Gasteiger partial charge in [0, 0.05) is 57.4 Å². The lowest BCUT2D eigenvalue weighted by Crippen LogP contribution is -2.35. The number of ether oxygens (including phenoxy) is 5. The number of H-pyrrole nitrogens is 1. The van der Waals surface area contributed by atoms with Crippen LogP contribution in [-0.2, 0) is 54.1 Å². The first-order chi connectivity index (χ1) is 29.2. The normalized spacial score (nSPS) is 12.2. The number of unbranched alkanes of at least 4 members (excludes halogenated alkanes) is 14. The maximum atomic E-state index is 12.3. The summed E-state index contributed by atoms with van der Waals surface area (Å²) in [6.45, 7) is 2.49. The molecule has 18 heteroatoms. The number of aliphatic hydroxyl groups is 1. The van der Waals surface area contributed by atoms with Crippen LogP contribution in [0.5, 0.6) is 0 Å². The molecule has 0 aromatic carbocycles. The molecule has 1 radical (unpaired) electrons. The second-order valence-corrected chi connectivity index (χ2v) is 14.8. The van der Waals surface area contributed by atoms with E-state index < -0.39 is 23.7 Å². The summed E-state index contributed by atoms with van der Waals surface area (Å²) >= 11 is 0. The fourth-order valence-corrected chi connectivity index (χ4v) is 6.03. The van der Waals surface area contributed by atoms with Gasteiger partial charge in [0.05, 0.1) is 71.1 Å². The second-order valence-electron chi connectivity index (χ2n) is 14.8. The second kappa shape index (κ2) is 39.6. The Kier molecular flexibility index (Phi) is 36.0. The van der Waals surface area contributed by atoms with E-state index in [1.807, 2.05) is 0 Å². The van der Waals surface area contributed by atoms with E-state index in [1.54, 1.807) is 0 Å². The minimum atomic E-state index is -1.05. The van der Waals surface area contributed by atoms with Crippen molar-refractivity contribution in [2.75, 3.05) is 92.3 Å². The van der Waals surface area contributed by atoms with Crippen LogP contribution in [0.2, 0.25) is 0 Å². The van der Waals surface area contributed by atoms with Crippen LogP contribution in [0.4, 0.5) is 0 Å². The number of nitrogens with two attached hydrogens (primary N) is 1. The highest BCUT2D eigenvalue weighted by atomic mass is 16.5. The molecule has 4 amide bonds. The van der Waals surface area contributed by atoms with Crippen LogP contribution < -0.4 is 27.4 Å². The van der Waals surface area contributed by atoms with Gasteiger partial charge in [0.15, 0.2) is 5.78 Å². The van der Waals surface area contributed by atoms with Crippen molar-refractivity contribution in [1.29, 1.82) is 0 Å². The van der Waals surface area contributed by atoms with E-state index >= 15 is 0 Å². The number of primary amides is 1. The van der Waals surface area contributed by atoms with Crippen molar-refractivity contribution in [3.05, 3.63) is 18.2 Å². The van der Waals surface area contributed by atoms with Gasteiger partial charge in [-0.1, -0.05) is 83.5 Å². The Morgan fingerprint density at radius 2 is 1.08 bits per heavy atom. The summed E-state index contributed by atoms with van der Waals surface area (Å²) in [6, 6.07) is -1.05. The molecule has 8 N–H and O–H groups in total. The van der Waals surface area contributed by atoms with Gasteiger partial charge in [-0.2, -0.15) is 0 Å². The number of Topliss-reactive ketones (excluding diaryl/α,β-unsaturated/α-hetero) is 1. The SMILES string of the molecule is [NH][C@@H](Cc1cnc[nH]1)C(=O)C[C@@H](COCCNC(=O)COCCOCCNC(=O)COCCOCCNC(=O)CCCCCCCCCCCCCCCCCO)C(N)=O. The van der Waals surface area contributed by atoms with Crippen molar-refractivity contribution in [1.82, 2.24) is 31.7 Å². The molecule has 2 atom stereocenters. The van der Waals surface area contributed by atoms with Crippen molar-refractivity contribution in [2.24, 2.45) is 11.7 Å². The van der Waals surface area contributed by atoms with Gasteiger partial charge < -0.3 is 55.5 Å². The molecule has 1 rings (SSSR count). The number of ketones is 1. The molecule has 0 bridgehead atoms. The van der Waals surface area contributed by atoms with Gasteiger partial charge in [-0.25, -0.2) is 10.7 Å². The maximum Gasteiger partial charge on any atom is 0.246 e. The average molecular weight is 855 g/mol. The number of carbonyl (C=O) groups excluding carboxylic acids is 5. The lowest BCUT2D eigenvalue weighted by atomic mass is 9.97. The van der Waals surface area contributed by atoms with Gasteiger partial charge in [-0.15, -0.1) is 0 Å². The van der Waals surface area contributed by atoms with Crippen molar-refractivity contribution in [2.45, 2.75) is 122 Å². The number of nitrogens with zero attached hydrogens (tertiary/aromatic N) is 1. The van der Waals surface area contributed by atoms with E-state index in [9.17, 15) is 24.0 Å². The Hall–Kier alpha value is -3.52. The molecular weight excluding hydrogens is 778 g/mol. The smallest absolute Gasteiger partial charge is 0.246 e. The topological polar surface area (TPSA) is 266 Å². The van der Waals surface area contributed by atoms with Crippen LogP contribution in [0, 0.1) is 5.92 Å². The van der Waals surface area contributed by atoms with E-state index in [2.05, 4.69) is 25.9 Å². The van der Waals surface area contributed by atoms with E-state index in [1.165, 1.54) is 83.2 Å². The predicted octanol–water partition coefficient (Wildman–Crippen LogP) is 2.33. The molecular formula is C42H76N7O11. The Morgan fingerprint density at radius 3 is 1.55 bits per heavy atom. The minimum absolute atomic E-state index is 0.0453. The Labute approximate surface area is 357 Å². The number of nitrogens with one attached hydrogen (secondary N) is 5. The number of hydrogen-bond acceptors (Lipinski definition) is 12. The molecule has 0 aliphatic carbocycles. The summed E-state index contributed by atoms with van der Waals surface area (Å²) < 4.78 is 26.9. The van der Waals surface area contributed by atoms with Crippen LogP contribution in [0.25, 0.3) is 0 Å². The van der Waals surface area contributed by atoms with Crippen LogP contribution in [0.3, 0.4) is 0 Å². The zero-order valence-electron chi connectivity index (χ0n) is 36.0. The lowest BCUT2D eigenvalue weighted by molar-refractivity contribution is -0.130. The molecule has 1 aromatic rings. The highest BCUT2D eigenvalue weighted by molar-refractivity contribution is 5.89. The number of aliphatic hydroxyl groups excluding tert-OH is 1. The number of imidazole rings is 1. The fourth-order valence-electron chi connectivity index (χ4n) is 6.03. The van der Waals surface area contributed by atoms with E-state index in [0.29, 0.717) is 38.5 Å². The van der Waals surface area contributed by atoms with Crippen LogP contribution in [0.1, 0.15) is 115 Å². The molecule has 0 aliphatic rings. The summed E-state index contributed by atoms with van der Waals surface area (Å²) in [6.07, 6.45) is 21.8. The molecule has 0 saturated heterocycles. The van der Waals surface area contributed by atoms with E-state index in [-0.39, 0.29) is 96.5 Å². The summed E-state index contributed by atoms with van der Waals surface area (Å²) in [5, 5.41) is 17.0. The van der Waals surface area contributed by atoms with Gasteiger partial charge in [0.25, 0.3) is 0 Å². The Morgan fingerprint density at radius 1 is 0.633 bits per heavy atom. The highest BCUT2D eigenvalue weighted by Gasteiger charge is 2.24. The predicted molar refractivity (Wildman–Crippen MR) is 226 cm³/mol. The largest absolute Gasteiger partial charge is 0.396 e. The maximum absolute atomic E-state index is 12.3. The number of amides is 4. The Balaban J connectivity index is 1.83. The third kappa shape index (κ3) is 34.2. The molecule has 60 heavy (non-hydrogen) atoms. The zero-order chi connectivity index (χ0) is 43.7. The molecule has 0 unspecified atom stereocenters. The number of carbonyl (C=O) groups is 5. The first-order valence-corrected chi connectivity index (χ1v) is 22.0. The molecule has 0 saturated carbocycles. The van der Waals surface area contributed by atoms with Crippen LogP contribution in [0.15, 0.2) is 12.5 Å². The van der Waals surface area contributed by atoms with Gasteiger partial charge in [0.2, 0.25) is 23.6 Å². The van der Waals surface area contributed by atoms with E-state index in [4.69, 9.17) is 40.3 Å². The summed E-state index contributed by atoms with van der Waals surface area (Å²) in [7, 11) is 0. The molecule has 345 valence electrons. The third-order valence-corrected chi connectivity index (χ3v) is 9.51. The van der Waals surface area contributed by atoms with Crippen molar-refractivity contribution >= 4 is 29.4 Å². The molecule has 1 heterocycles. The molecule has 0 spiro atoms. The molecule has 0 aliphatic heterocycles. The van der Waals surface area contributed by atoms with Gasteiger partial charge in [-0.3, -0.25) is 24.0 Å². The fraction of sp³-hybridized carbons (Fsp3) is 0.810. The van der Waals surface area contributed by atoms with Gasteiger partial charge in [-0.05, 0) is 12.8 Å². The standard InChI is InChI=1S/C42H76N7O11/c43-37(29-36-30-45-34-49-36)38(51)28-35(42(44)55)31-58-23-19-48-41(54)33-60-27-25-57-22-18-47-40(53)32-59-26-24-56-21-17-46-39(52)16-14-12-10-8-6-4-2-1-3-5-7-9-11-13-15-20-50/h30,34-35,37,43,50H,1-29,31-33H2,(H2,44,55)(H,45,49)(H,46,52)(H,47,53)(H,48,54)/t35-,37-/m0/s1. The molecule has 0 fully saturated rings. The van der Waals surface area contributed by atoms with Crippen molar-refractivity contribution in [3.63, 3.8) is 0 Å².